The molecule has 4 aromatic carbocycles. The second-order valence-electron chi connectivity index (χ2n) is 19.6. The summed E-state index contributed by atoms with van der Waals surface area (Å²) in [4.78, 5) is 55.2. The van der Waals surface area contributed by atoms with E-state index in [4.69, 9.17) is 52.3 Å². The zero-order valence-electron chi connectivity index (χ0n) is 41.2. The number of fused-ring (bicyclic) bond motifs is 2. The average molecular weight is 1040 g/mol. The lowest BCUT2D eigenvalue weighted by atomic mass is 9.96. The van der Waals surface area contributed by atoms with Gasteiger partial charge in [-0.05, 0) is 148 Å². The highest BCUT2D eigenvalue weighted by molar-refractivity contribution is 6.31. The number of ketones is 2. The molecule has 0 aliphatic carbocycles. The molecular formula is C57H68Cl2N6O8. The minimum absolute atomic E-state index is 0. The average Bonchev–Trinajstić information content (AvgIpc) is 4.03. The number of aryl methyl sites for hydroxylation is 2. The van der Waals surface area contributed by atoms with Crippen LogP contribution < -0.4 is 0 Å². The van der Waals surface area contributed by atoms with Crippen molar-refractivity contribution in [2.24, 2.45) is 11.8 Å². The van der Waals surface area contributed by atoms with E-state index in [0.717, 1.165) is 109 Å². The highest BCUT2D eigenvalue weighted by Crippen LogP contribution is 2.28. The Labute approximate surface area is 438 Å². The number of carbonyl (C=O) groups is 4. The summed E-state index contributed by atoms with van der Waals surface area (Å²) in [7, 11) is 0. The predicted octanol–water partition coefficient (Wildman–Crippen LogP) is 10.5. The molecule has 0 bridgehead atoms. The molecule has 0 spiro atoms. The Morgan fingerprint density at radius 1 is 0.548 bits per heavy atom. The van der Waals surface area contributed by atoms with Crippen molar-refractivity contribution in [1.82, 2.24) is 29.4 Å². The van der Waals surface area contributed by atoms with Crippen LogP contribution in [0.2, 0.25) is 10.0 Å². The first-order chi connectivity index (χ1) is 34.9. The molecule has 0 unspecified atom stereocenters. The lowest BCUT2D eigenvalue weighted by Crippen LogP contribution is -2.39. The predicted molar refractivity (Wildman–Crippen MR) is 284 cm³/mol. The summed E-state index contributed by atoms with van der Waals surface area (Å²) in [5.74, 6) is 1.29. The van der Waals surface area contributed by atoms with E-state index in [2.05, 4.69) is 12.4 Å². The number of Topliss-reactive ketones (excluding diaryl/α,β-unsaturated/α-hetero) is 2. The second-order valence-corrected chi connectivity index (χ2v) is 20.5. The lowest BCUT2D eigenvalue weighted by Gasteiger charge is -2.32. The van der Waals surface area contributed by atoms with E-state index in [0.29, 0.717) is 98.3 Å². The first kappa shape index (κ1) is 53.8. The van der Waals surface area contributed by atoms with Gasteiger partial charge in [0.2, 0.25) is 0 Å². The summed E-state index contributed by atoms with van der Waals surface area (Å²) in [6.45, 7) is 12.1. The summed E-state index contributed by atoms with van der Waals surface area (Å²) >= 11 is 11.9. The van der Waals surface area contributed by atoms with Gasteiger partial charge in [-0.25, -0.2) is 0 Å². The Kier molecular flexibility index (Phi) is 18.5. The number of amides is 2. The molecule has 4 aliphatic heterocycles. The van der Waals surface area contributed by atoms with Crippen molar-refractivity contribution in [2.45, 2.75) is 97.9 Å². The fourth-order valence-electron chi connectivity index (χ4n) is 10.3. The number of ether oxygens (including phenoxy) is 4. The maximum Gasteiger partial charge on any atom is 0.253 e. The van der Waals surface area contributed by atoms with E-state index in [1.807, 2.05) is 57.3 Å². The molecule has 0 saturated carbocycles. The van der Waals surface area contributed by atoms with Crippen LogP contribution in [-0.4, -0.2) is 131 Å². The van der Waals surface area contributed by atoms with Crippen molar-refractivity contribution >= 4 is 68.4 Å². The van der Waals surface area contributed by atoms with Crippen LogP contribution in [-0.2, 0) is 32.0 Å². The molecule has 4 fully saturated rings. The molecule has 6 heterocycles. The second kappa shape index (κ2) is 25.2. The highest BCUT2D eigenvalue weighted by Gasteiger charge is 2.27. The molecule has 4 saturated heterocycles. The summed E-state index contributed by atoms with van der Waals surface area (Å²) in [5.41, 5.74) is 6.64. The number of hydrogen-bond donors (Lipinski definition) is 0. The van der Waals surface area contributed by atoms with Crippen LogP contribution in [0.15, 0.2) is 85.2 Å². The lowest BCUT2D eigenvalue weighted by molar-refractivity contribution is -0.0902. The standard InChI is InChI=1S/2C28H32ClN3O4.CH4/c2*1-19-24(27(33)9-6-23-18-35-14-15-36-23)7-8-26-25(19)17-32(30-26)16-20-10-12-31(13-11-20)28(34)21-2-4-22(29)5-3-21;/h2*2-5,7-8,17,20,23H,6,9-16,18H2,1H3;1H4/t2*23-;/m10./s1. The summed E-state index contributed by atoms with van der Waals surface area (Å²) in [6.07, 6.45) is 10.1. The number of halogens is 2. The molecular weight excluding hydrogens is 968 g/mol. The van der Waals surface area contributed by atoms with E-state index in [-0.39, 0.29) is 43.0 Å². The van der Waals surface area contributed by atoms with Gasteiger partial charge < -0.3 is 28.7 Å². The molecule has 388 valence electrons. The van der Waals surface area contributed by atoms with E-state index < -0.39 is 0 Å². The van der Waals surface area contributed by atoms with Crippen LogP contribution in [0.25, 0.3) is 21.8 Å². The Hall–Kier alpha value is -5.48. The molecule has 10 rings (SSSR count). The molecule has 0 radical (unpaired) electrons. The van der Waals surface area contributed by atoms with Crippen molar-refractivity contribution in [3.63, 3.8) is 0 Å². The zero-order valence-corrected chi connectivity index (χ0v) is 42.8. The van der Waals surface area contributed by atoms with Crippen LogP contribution in [0.4, 0.5) is 0 Å². The molecule has 14 nitrogen and oxygen atoms in total. The summed E-state index contributed by atoms with van der Waals surface area (Å²) in [5, 5.41) is 12.9. The maximum atomic E-state index is 12.9. The molecule has 6 aromatic rings. The minimum Gasteiger partial charge on any atom is -0.376 e. The van der Waals surface area contributed by atoms with Crippen molar-refractivity contribution in [3.8, 4) is 0 Å². The fraction of sp³-hybridized carbons (Fsp3) is 0.474. The monoisotopic (exact) mass is 1030 g/mol. The van der Waals surface area contributed by atoms with E-state index in [1.54, 1.807) is 48.5 Å². The van der Waals surface area contributed by atoms with Gasteiger partial charge in [-0.15, -0.1) is 0 Å². The number of nitrogens with zero attached hydrogens (tertiary/aromatic N) is 6. The number of aromatic nitrogens is 4. The number of likely N-dealkylation sites (tertiary alicyclic amines) is 2. The zero-order chi connectivity index (χ0) is 50.1. The van der Waals surface area contributed by atoms with E-state index >= 15 is 0 Å². The van der Waals surface area contributed by atoms with Gasteiger partial charge in [-0.3, -0.25) is 28.5 Å². The third kappa shape index (κ3) is 13.6. The number of hydrogen-bond acceptors (Lipinski definition) is 10. The van der Waals surface area contributed by atoms with Gasteiger partial charge in [0, 0.05) is 108 Å². The van der Waals surface area contributed by atoms with Crippen LogP contribution in [0.1, 0.15) is 111 Å². The van der Waals surface area contributed by atoms with Gasteiger partial charge in [-0.2, -0.15) is 10.2 Å². The van der Waals surface area contributed by atoms with Crippen molar-refractivity contribution < 1.29 is 38.1 Å². The molecule has 16 heteroatoms. The van der Waals surface area contributed by atoms with Gasteiger partial charge >= 0.3 is 0 Å². The number of benzene rings is 4. The van der Waals surface area contributed by atoms with Crippen LogP contribution in [0.5, 0.6) is 0 Å². The molecule has 0 N–H and O–H groups in total. The first-order valence-corrected chi connectivity index (χ1v) is 26.2. The Bertz CT molecular complexity index is 2650. The van der Waals surface area contributed by atoms with Crippen molar-refractivity contribution in [1.29, 1.82) is 0 Å². The molecule has 2 amide bonds. The molecule has 73 heavy (non-hydrogen) atoms. The van der Waals surface area contributed by atoms with Crippen LogP contribution >= 0.6 is 23.2 Å². The summed E-state index contributed by atoms with van der Waals surface area (Å²) < 4.78 is 26.2. The summed E-state index contributed by atoms with van der Waals surface area (Å²) in [6, 6.07) is 21.8. The van der Waals surface area contributed by atoms with Gasteiger partial charge in [-0.1, -0.05) is 30.6 Å². The highest BCUT2D eigenvalue weighted by atomic mass is 35.5. The maximum absolute atomic E-state index is 12.9. The Morgan fingerprint density at radius 3 is 1.29 bits per heavy atom. The largest absolute Gasteiger partial charge is 0.376 e. The van der Waals surface area contributed by atoms with Crippen molar-refractivity contribution in [2.75, 3.05) is 65.8 Å². The smallest absolute Gasteiger partial charge is 0.253 e. The van der Waals surface area contributed by atoms with Gasteiger partial charge in [0.1, 0.15) is 0 Å². The quantitative estimate of drug-likeness (QED) is 0.0966. The number of carbonyl (C=O) groups excluding carboxylic acids is 4. The Morgan fingerprint density at radius 2 is 0.932 bits per heavy atom. The topological polar surface area (TPSA) is 147 Å². The normalized spacial score (nSPS) is 18.8. The van der Waals surface area contributed by atoms with Crippen molar-refractivity contribution in [3.05, 3.63) is 129 Å². The van der Waals surface area contributed by atoms with Crippen LogP contribution in [0.3, 0.4) is 0 Å². The molecule has 2 aromatic heterocycles. The number of rotatable bonds is 14. The minimum atomic E-state index is 0. The Balaban J connectivity index is 0.000000192. The number of piperidine rings is 2. The fourth-order valence-corrected chi connectivity index (χ4v) is 10.6. The molecule has 2 atom stereocenters. The van der Waals surface area contributed by atoms with Crippen LogP contribution in [0, 0.1) is 25.7 Å². The van der Waals surface area contributed by atoms with E-state index in [1.165, 1.54) is 0 Å². The van der Waals surface area contributed by atoms with Gasteiger partial charge in [0.05, 0.1) is 62.9 Å². The van der Waals surface area contributed by atoms with E-state index in [9.17, 15) is 19.2 Å². The van der Waals surface area contributed by atoms with Gasteiger partial charge in [0.25, 0.3) is 11.8 Å². The van der Waals surface area contributed by atoms with Gasteiger partial charge in [0.15, 0.2) is 11.6 Å². The third-order valence-electron chi connectivity index (χ3n) is 14.6. The first-order valence-electron chi connectivity index (χ1n) is 25.4. The molecule has 4 aliphatic rings. The SMILES string of the molecule is C.Cc1c(C(=O)CC[C@@H]2COCCO2)ccc2nn(CC3CCN(C(=O)c4ccc(Cl)cc4)CC3)cc12.Cc1c(C(=O)CC[C@H]2COCCO2)ccc2nn(CC3CCN(C(=O)c4ccc(Cl)cc4)CC3)cc12. The third-order valence-corrected chi connectivity index (χ3v) is 15.2.